The minimum Gasteiger partial charge on any atom is -0.334 e. The maximum Gasteiger partial charge on any atom is 0.259 e. The first-order valence-corrected chi connectivity index (χ1v) is 7.53. The molecule has 0 amide bonds. The van der Waals surface area contributed by atoms with Crippen LogP contribution < -0.4 is 5.73 Å². The molecule has 0 atom stereocenters. The van der Waals surface area contributed by atoms with E-state index >= 15 is 0 Å². The summed E-state index contributed by atoms with van der Waals surface area (Å²) in [6.07, 6.45) is 6.54. The molecule has 1 saturated carbocycles. The van der Waals surface area contributed by atoms with Crippen molar-refractivity contribution in [3.63, 3.8) is 0 Å². The smallest absolute Gasteiger partial charge is 0.259 e. The lowest BCUT2D eigenvalue weighted by atomic mass is 9.91. The number of aryl methyl sites for hydroxylation is 2. The Bertz CT molecular complexity index is 629. The van der Waals surface area contributed by atoms with Gasteiger partial charge in [0.05, 0.1) is 22.5 Å². The van der Waals surface area contributed by atoms with Gasteiger partial charge in [-0.3, -0.25) is 0 Å². The van der Waals surface area contributed by atoms with Gasteiger partial charge in [0.1, 0.15) is 0 Å². The van der Waals surface area contributed by atoms with Crippen LogP contribution in [0.15, 0.2) is 10.6 Å². The van der Waals surface area contributed by atoms with Crippen LogP contribution in [0.25, 0.3) is 11.5 Å². The lowest BCUT2D eigenvalue weighted by Gasteiger charge is -2.23. The van der Waals surface area contributed by atoms with Crippen molar-refractivity contribution in [1.29, 1.82) is 0 Å². The summed E-state index contributed by atoms with van der Waals surface area (Å²) < 4.78 is 5.44. The summed E-state index contributed by atoms with van der Waals surface area (Å²) in [5, 5.41) is 12.3. The fraction of sp³-hybridized carbons (Fsp3) is 0.600. The molecule has 0 bridgehead atoms. The van der Waals surface area contributed by atoms with Gasteiger partial charge >= 0.3 is 0 Å². The van der Waals surface area contributed by atoms with E-state index < -0.39 is 5.54 Å². The zero-order valence-electron chi connectivity index (χ0n) is 12.6. The van der Waals surface area contributed by atoms with Gasteiger partial charge in [-0.05, 0) is 32.8 Å². The maximum absolute atomic E-state index is 6.53. The van der Waals surface area contributed by atoms with Gasteiger partial charge < -0.3 is 10.3 Å². The van der Waals surface area contributed by atoms with Gasteiger partial charge in [-0.25, -0.2) is 0 Å². The van der Waals surface area contributed by atoms with Crippen LogP contribution in [0.5, 0.6) is 0 Å². The number of rotatable bonds is 2. The third-order valence-corrected chi connectivity index (χ3v) is 4.20. The molecule has 6 nitrogen and oxygen atoms in total. The lowest BCUT2D eigenvalue weighted by molar-refractivity contribution is 0.334. The Morgan fingerprint density at radius 3 is 2.52 bits per heavy atom. The number of hydrogen-bond donors (Lipinski definition) is 1. The van der Waals surface area contributed by atoms with E-state index in [-0.39, 0.29) is 0 Å². The summed E-state index contributed by atoms with van der Waals surface area (Å²) in [7, 11) is 0. The van der Waals surface area contributed by atoms with Crippen LogP contribution in [0.2, 0.25) is 0 Å². The molecule has 3 rings (SSSR count). The SMILES string of the molecule is Cc1cc(-c2nc(C3(N)CCCCCC3)no2)c(C)nn1. The number of aromatic nitrogens is 4. The van der Waals surface area contributed by atoms with Gasteiger partial charge in [-0.1, -0.05) is 30.8 Å². The monoisotopic (exact) mass is 287 g/mol. The van der Waals surface area contributed by atoms with E-state index in [1.54, 1.807) is 0 Å². The van der Waals surface area contributed by atoms with Gasteiger partial charge in [0.2, 0.25) is 0 Å². The van der Waals surface area contributed by atoms with E-state index in [9.17, 15) is 0 Å². The average molecular weight is 287 g/mol. The number of nitrogens with two attached hydrogens (primary N) is 1. The summed E-state index contributed by atoms with van der Waals surface area (Å²) in [5.41, 5.74) is 8.51. The van der Waals surface area contributed by atoms with E-state index in [4.69, 9.17) is 10.3 Å². The van der Waals surface area contributed by atoms with Crippen molar-refractivity contribution >= 4 is 0 Å². The van der Waals surface area contributed by atoms with Crippen molar-refractivity contribution in [1.82, 2.24) is 20.3 Å². The minimum absolute atomic E-state index is 0.457. The molecule has 6 heteroatoms. The number of hydrogen-bond acceptors (Lipinski definition) is 6. The highest BCUT2D eigenvalue weighted by atomic mass is 16.5. The van der Waals surface area contributed by atoms with Gasteiger partial charge in [-0.15, -0.1) is 0 Å². The Balaban J connectivity index is 1.94. The fourth-order valence-electron chi connectivity index (χ4n) is 2.88. The first-order valence-electron chi connectivity index (χ1n) is 7.53. The summed E-state index contributed by atoms with van der Waals surface area (Å²) >= 11 is 0. The standard InChI is InChI=1S/C15H21N5O/c1-10-9-12(11(2)19-18-10)13-17-14(20-21-13)15(16)7-5-3-4-6-8-15/h9H,3-8,16H2,1-2H3. The molecule has 112 valence electrons. The van der Waals surface area contributed by atoms with E-state index in [2.05, 4.69) is 20.3 Å². The molecule has 2 aromatic heterocycles. The Labute approximate surface area is 124 Å². The summed E-state index contributed by atoms with van der Waals surface area (Å²) in [5.74, 6) is 1.10. The van der Waals surface area contributed by atoms with E-state index in [0.717, 1.165) is 42.6 Å². The van der Waals surface area contributed by atoms with Gasteiger partial charge in [0.15, 0.2) is 5.82 Å². The Morgan fingerprint density at radius 2 is 1.81 bits per heavy atom. The van der Waals surface area contributed by atoms with Crippen molar-refractivity contribution < 1.29 is 4.52 Å². The normalized spacial score (nSPS) is 18.4. The minimum atomic E-state index is -0.457. The van der Waals surface area contributed by atoms with Gasteiger partial charge in [0.25, 0.3) is 5.89 Å². The van der Waals surface area contributed by atoms with Crippen LogP contribution in [0.4, 0.5) is 0 Å². The highest BCUT2D eigenvalue weighted by molar-refractivity contribution is 5.55. The predicted molar refractivity (Wildman–Crippen MR) is 78.4 cm³/mol. The third-order valence-electron chi connectivity index (χ3n) is 4.20. The highest BCUT2D eigenvalue weighted by Gasteiger charge is 2.33. The van der Waals surface area contributed by atoms with E-state index in [0.29, 0.717) is 11.7 Å². The van der Waals surface area contributed by atoms with Crippen LogP contribution in [-0.4, -0.2) is 20.3 Å². The quantitative estimate of drug-likeness (QED) is 0.854. The molecule has 0 radical (unpaired) electrons. The molecular weight excluding hydrogens is 266 g/mol. The van der Waals surface area contributed by atoms with E-state index in [1.807, 2.05) is 19.9 Å². The fourth-order valence-corrected chi connectivity index (χ4v) is 2.88. The Kier molecular flexibility index (Phi) is 3.71. The van der Waals surface area contributed by atoms with Crippen LogP contribution in [0.1, 0.15) is 55.7 Å². The molecule has 21 heavy (non-hydrogen) atoms. The molecule has 0 unspecified atom stereocenters. The van der Waals surface area contributed by atoms with Gasteiger partial charge in [0, 0.05) is 0 Å². The molecule has 2 heterocycles. The van der Waals surface area contributed by atoms with Gasteiger partial charge in [-0.2, -0.15) is 15.2 Å². The zero-order chi connectivity index (χ0) is 14.9. The average Bonchev–Trinajstić information content (AvgIpc) is 2.86. The molecular formula is C15H21N5O. The van der Waals surface area contributed by atoms with Crippen molar-refractivity contribution in [3.05, 3.63) is 23.3 Å². The number of nitrogens with zero attached hydrogens (tertiary/aromatic N) is 4. The zero-order valence-corrected chi connectivity index (χ0v) is 12.6. The maximum atomic E-state index is 6.53. The third kappa shape index (κ3) is 2.81. The van der Waals surface area contributed by atoms with Crippen molar-refractivity contribution in [2.75, 3.05) is 0 Å². The van der Waals surface area contributed by atoms with Crippen molar-refractivity contribution in [2.24, 2.45) is 5.73 Å². The highest BCUT2D eigenvalue weighted by Crippen LogP contribution is 2.33. The predicted octanol–water partition coefficient (Wildman–Crippen LogP) is 2.65. The molecule has 0 spiro atoms. The van der Waals surface area contributed by atoms with Crippen LogP contribution in [-0.2, 0) is 5.54 Å². The van der Waals surface area contributed by atoms with Crippen LogP contribution in [0.3, 0.4) is 0 Å². The largest absolute Gasteiger partial charge is 0.334 e. The molecule has 2 N–H and O–H groups in total. The molecule has 0 aromatic carbocycles. The molecule has 0 aliphatic heterocycles. The topological polar surface area (TPSA) is 90.7 Å². The summed E-state index contributed by atoms with van der Waals surface area (Å²) in [6, 6.07) is 1.91. The molecule has 1 aliphatic carbocycles. The van der Waals surface area contributed by atoms with Crippen LogP contribution >= 0.6 is 0 Å². The lowest BCUT2D eigenvalue weighted by Crippen LogP contribution is -2.37. The summed E-state index contributed by atoms with van der Waals surface area (Å²) in [6.45, 7) is 3.78. The first kappa shape index (κ1) is 14.1. The second-order valence-electron chi connectivity index (χ2n) is 5.98. The molecule has 2 aromatic rings. The second-order valence-corrected chi connectivity index (χ2v) is 5.98. The second kappa shape index (κ2) is 5.52. The Hall–Kier alpha value is -1.82. The van der Waals surface area contributed by atoms with Crippen molar-refractivity contribution in [3.8, 4) is 11.5 Å². The molecule has 1 aliphatic rings. The van der Waals surface area contributed by atoms with Crippen molar-refractivity contribution in [2.45, 2.75) is 57.9 Å². The first-order chi connectivity index (χ1) is 10.1. The summed E-state index contributed by atoms with van der Waals surface area (Å²) in [4.78, 5) is 4.55. The van der Waals surface area contributed by atoms with E-state index in [1.165, 1.54) is 12.8 Å². The molecule has 0 saturated heterocycles. The van der Waals surface area contributed by atoms with Crippen LogP contribution in [0, 0.1) is 13.8 Å². The Morgan fingerprint density at radius 1 is 1.10 bits per heavy atom. The molecule has 1 fully saturated rings.